The monoisotopic (exact) mass is 796 g/mol. The summed E-state index contributed by atoms with van der Waals surface area (Å²) in [6.07, 6.45) is -1.34. The third-order valence-electron chi connectivity index (χ3n) is 11.3. The topological polar surface area (TPSA) is 166 Å². The van der Waals surface area contributed by atoms with Crippen LogP contribution in [0.4, 0.5) is 19.0 Å². The number of phenolic OH excluding ortho intramolecular Hbond substituents is 1. The van der Waals surface area contributed by atoms with Gasteiger partial charge in [-0.2, -0.15) is 18.2 Å². The third-order valence-corrected chi connectivity index (χ3v) is 11.9. The maximum atomic E-state index is 15.3. The van der Waals surface area contributed by atoms with Crippen LogP contribution in [0.1, 0.15) is 36.0 Å². The molecule has 3 aliphatic heterocycles. The Morgan fingerprint density at radius 3 is 2.45 bits per heavy atom. The Morgan fingerprint density at radius 2 is 1.76 bits per heavy atom. The number of carboxylic acid groups (broad SMARTS) is 1. The number of ether oxygens (including phenoxy) is 1. The summed E-state index contributed by atoms with van der Waals surface area (Å²) < 4.78 is 46.5. The number of halogens is 5. The molecular weight excluding hydrogens is 768 g/mol. The van der Waals surface area contributed by atoms with Crippen LogP contribution in [0.2, 0.25) is 10.0 Å². The number of hydrazine groups is 1. The molecule has 1 saturated carbocycles. The maximum Gasteiger partial charge on any atom is 0.417 e. The minimum Gasteiger partial charge on any atom is -0.508 e. The van der Waals surface area contributed by atoms with Crippen LogP contribution in [-0.4, -0.2) is 61.2 Å². The van der Waals surface area contributed by atoms with E-state index in [-0.39, 0.29) is 31.6 Å². The Balaban J connectivity index is 1.30. The van der Waals surface area contributed by atoms with Gasteiger partial charge in [-0.05, 0) is 66.3 Å². The van der Waals surface area contributed by atoms with Crippen molar-refractivity contribution in [2.75, 3.05) is 12.0 Å². The van der Waals surface area contributed by atoms with E-state index in [1.165, 1.54) is 18.4 Å². The van der Waals surface area contributed by atoms with E-state index in [0.29, 0.717) is 50.3 Å². The number of phenols is 1. The van der Waals surface area contributed by atoms with E-state index in [1.54, 1.807) is 36.4 Å². The number of imide groups is 2. The molecule has 17 heteroatoms. The van der Waals surface area contributed by atoms with Crippen molar-refractivity contribution in [2.45, 2.75) is 37.3 Å². The van der Waals surface area contributed by atoms with Gasteiger partial charge in [0.25, 0.3) is 11.8 Å². The first-order valence-corrected chi connectivity index (χ1v) is 17.9. The lowest BCUT2D eigenvalue weighted by molar-refractivity contribution is -0.143. The zero-order chi connectivity index (χ0) is 39.1. The summed E-state index contributed by atoms with van der Waals surface area (Å²) in [4.78, 5) is 74.0. The number of carboxylic acids is 1. The first-order chi connectivity index (χ1) is 26.1. The van der Waals surface area contributed by atoms with Crippen molar-refractivity contribution >= 4 is 58.6 Å². The molecule has 4 amide bonds. The SMILES string of the molecule is O=C(O)CCN1C(=O)C2CC=C3C(CC4C(=O)N(Nc5ncc(C(F)(F)F)cc5Cl)C(=O)C4(c4ccc(Cl)cc4)C3C3=COc4ccc(O)cc4C3)C2C1=O. The highest BCUT2D eigenvalue weighted by Gasteiger charge is 2.70. The number of anilines is 1. The number of aromatic nitrogens is 1. The van der Waals surface area contributed by atoms with Crippen LogP contribution in [0, 0.1) is 29.6 Å². The molecule has 3 N–H and O–H groups in total. The number of carbonyl (C=O) groups is 5. The summed E-state index contributed by atoms with van der Waals surface area (Å²) in [6, 6.07) is 11.5. The number of pyridine rings is 1. The van der Waals surface area contributed by atoms with Crippen molar-refractivity contribution in [3.05, 3.63) is 105 Å². The lowest BCUT2D eigenvalue weighted by atomic mass is 9.48. The predicted octanol–water partition coefficient (Wildman–Crippen LogP) is 5.92. The molecule has 3 fully saturated rings. The second kappa shape index (κ2) is 13.1. The van der Waals surface area contributed by atoms with E-state index in [4.69, 9.17) is 27.9 Å². The lowest BCUT2D eigenvalue weighted by Crippen LogP contribution is -2.55. The van der Waals surface area contributed by atoms with Crippen LogP contribution < -0.4 is 10.2 Å². The van der Waals surface area contributed by atoms with Gasteiger partial charge in [0.1, 0.15) is 11.5 Å². The molecule has 2 aliphatic carbocycles. The van der Waals surface area contributed by atoms with Crippen molar-refractivity contribution in [3.8, 4) is 11.5 Å². The van der Waals surface area contributed by atoms with Crippen molar-refractivity contribution < 1.29 is 52.1 Å². The molecule has 55 heavy (non-hydrogen) atoms. The summed E-state index contributed by atoms with van der Waals surface area (Å²) in [5, 5.41) is 20.2. The molecule has 5 aliphatic rings. The fourth-order valence-electron chi connectivity index (χ4n) is 9.09. The van der Waals surface area contributed by atoms with E-state index in [2.05, 4.69) is 10.4 Å². The van der Waals surface area contributed by atoms with Crippen LogP contribution in [0.3, 0.4) is 0 Å². The summed E-state index contributed by atoms with van der Waals surface area (Å²) in [5.74, 6) is -8.75. The minimum atomic E-state index is -4.77. The van der Waals surface area contributed by atoms with E-state index in [0.717, 1.165) is 4.90 Å². The number of nitrogens with one attached hydrogen (secondary N) is 1. The van der Waals surface area contributed by atoms with Crippen LogP contribution in [0.15, 0.2) is 78.2 Å². The number of hydrogen-bond acceptors (Lipinski definition) is 9. The van der Waals surface area contributed by atoms with Crippen molar-refractivity contribution in [1.82, 2.24) is 14.9 Å². The molecule has 2 aromatic carbocycles. The number of rotatable bonds is 7. The smallest absolute Gasteiger partial charge is 0.417 e. The molecule has 6 atom stereocenters. The van der Waals surface area contributed by atoms with E-state index in [1.807, 2.05) is 0 Å². The van der Waals surface area contributed by atoms with Crippen LogP contribution >= 0.6 is 23.2 Å². The second-order valence-electron chi connectivity index (χ2n) is 14.2. The number of benzene rings is 2. The average molecular weight is 798 g/mol. The van der Waals surface area contributed by atoms with Gasteiger partial charge in [0.05, 0.1) is 46.4 Å². The second-order valence-corrected chi connectivity index (χ2v) is 15.0. The molecule has 4 heterocycles. The van der Waals surface area contributed by atoms with Gasteiger partial charge in [-0.15, -0.1) is 0 Å². The molecule has 0 spiro atoms. The molecule has 1 aromatic heterocycles. The number of hydrogen-bond donors (Lipinski definition) is 3. The van der Waals surface area contributed by atoms with Crippen molar-refractivity contribution in [2.24, 2.45) is 29.6 Å². The van der Waals surface area contributed by atoms with Crippen molar-refractivity contribution in [3.63, 3.8) is 0 Å². The predicted molar refractivity (Wildman–Crippen MR) is 187 cm³/mol. The minimum absolute atomic E-state index is 0.0462. The van der Waals surface area contributed by atoms with Crippen LogP contribution in [0.5, 0.6) is 11.5 Å². The lowest BCUT2D eigenvalue weighted by Gasteiger charge is -2.51. The largest absolute Gasteiger partial charge is 0.508 e. The van der Waals surface area contributed by atoms with E-state index >= 15 is 4.79 Å². The number of amides is 4. The molecule has 0 radical (unpaired) electrons. The average Bonchev–Trinajstić information content (AvgIpc) is 3.51. The van der Waals surface area contributed by atoms with Gasteiger partial charge in [0, 0.05) is 35.7 Å². The Hall–Kier alpha value is -5.41. The van der Waals surface area contributed by atoms with E-state index < -0.39 is 93.6 Å². The fraction of sp³-hybridized carbons (Fsp3) is 0.316. The normalized spacial score (nSPS) is 27.1. The Labute approximate surface area is 320 Å². The maximum absolute atomic E-state index is 15.3. The number of alkyl halides is 3. The molecular formula is C38H29Cl2F3N4O8. The summed E-state index contributed by atoms with van der Waals surface area (Å²) in [5.41, 5.74) is 1.67. The summed E-state index contributed by atoms with van der Waals surface area (Å²) in [7, 11) is 0. The molecule has 12 nitrogen and oxygen atoms in total. The molecule has 284 valence electrons. The Bertz CT molecular complexity index is 2260. The number of likely N-dealkylation sites (tertiary alicyclic amines) is 1. The first kappa shape index (κ1) is 36.6. The number of nitrogens with zero attached hydrogens (tertiary/aromatic N) is 3. The van der Waals surface area contributed by atoms with Gasteiger partial charge in [-0.25, -0.2) is 4.98 Å². The zero-order valence-electron chi connectivity index (χ0n) is 28.3. The summed E-state index contributed by atoms with van der Waals surface area (Å²) >= 11 is 12.6. The number of allylic oxidation sites excluding steroid dienone is 3. The zero-order valence-corrected chi connectivity index (χ0v) is 29.9. The fourth-order valence-corrected chi connectivity index (χ4v) is 9.43. The quantitative estimate of drug-likeness (QED) is 0.193. The number of aromatic hydroxyl groups is 1. The standard InChI is InChI=1S/C38H29Cl2F3N4O8/c39-21-3-1-19(2-4-21)37-26(34(52)47(36(37)54)45-32-27(40)13-20(15-44-32)38(41,42)43)14-25-23(31(37)18-11-17-12-22(48)5-8-28(17)55-16-18)6-7-24-30(25)35(53)46(33(24)51)10-9-29(49)50/h1-6,8,12-13,15-16,24-26,30-31,48H,7,9-11,14H2,(H,44,45)(H,49,50). The molecule has 0 bridgehead atoms. The highest BCUT2D eigenvalue weighted by Crippen LogP contribution is 2.63. The Kier molecular flexibility index (Phi) is 8.72. The van der Waals surface area contributed by atoms with Gasteiger partial charge in [-0.3, -0.25) is 34.3 Å². The van der Waals surface area contributed by atoms with E-state index in [9.17, 15) is 42.6 Å². The highest BCUT2D eigenvalue weighted by molar-refractivity contribution is 6.33. The third kappa shape index (κ3) is 5.74. The molecule has 2 saturated heterocycles. The van der Waals surface area contributed by atoms with Gasteiger partial charge < -0.3 is 14.9 Å². The van der Waals surface area contributed by atoms with Gasteiger partial charge in [0.15, 0.2) is 5.82 Å². The van der Waals surface area contributed by atoms with Gasteiger partial charge in [-0.1, -0.05) is 47.0 Å². The van der Waals surface area contributed by atoms with Crippen LogP contribution in [-0.2, 0) is 42.0 Å². The summed E-state index contributed by atoms with van der Waals surface area (Å²) in [6.45, 7) is -0.334. The number of carbonyl (C=O) groups excluding carboxylic acids is 4. The molecule has 3 aromatic rings. The molecule has 6 unspecified atom stereocenters. The number of aliphatic carboxylic acids is 1. The highest BCUT2D eigenvalue weighted by atomic mass is 35.5. The van der Waals surface area contributed by atoms with Gasteiger partial charge >= 0.3 is 12.1 Å². The van der Waals surface area contributed by atoms with Gasteiger partial charge in [0.2, 0.25) is 11.8 Å². The molecule has 8 rings (SSSR count). The van der Waals surface area contributed by atoms with Crippen LogP contribution in [0.25, 0.3) is 0 Å². The Morgan fingerprint density at radius 1 is 1.02 bits per heavy atom. The first-order valence-electron chi connectivity index (χ1n) is 17.2. The van der Waals surface area contributed by atoms with Crippen molar-refractivity contribution in [1.29, 1.82) is 0 Å². The number of fused-ring (bicyclic) bond motifs is 5.